The summed E-state index contributed by atoms with van der Waals surface area (Å²) >= 11 is 6.35. The molecule has 0 amide bonds. The molecule has 0 saturated carbocycles. The largest absolute Gasteiger partial charge is 0.488 e. The van der Waals surface area contributed by atoms with E-state index < -0.39 is 0 Å². The molecule has 2 heterocycles. The van der Waals surface area contributed by atoms with Crippen LogP contribution in [0.5, 0.6) is 5.75 Å². The van der Waals surface area contributed by atoms with E-state index in [0.717, 1.165) is 5.39 Å². The van der Waals surface area contributed by atoms with Gasteiger partial charge in [0.05, 0.1) is 22.6 Å². The van der Waals surface area contributed by atoms with Crippen LogP contribution < -0.4 is 10.3 Å². The molecular weight excluding hydrogens is 329 g/mol. The van der Waals surface area contributed by atoms with E-state index in [1.165, 1.54) is 18.2 Å². The number of nitrogens with zero attached hydrogens (tertiary/aromatic N) is 1. The third kappa shape index (κ3) is 2.44. The number of aromatic nitrogens is 1. The van der Waals surface area contributed by atoms with Crippen molar-refractivity contribution in [2.45, 2.75) is 6.54 Å². The van der Waals surface area contributed by atoms with E-state index in [2.05, 4.69) is 11.8 Å². The Labute approximate surface area is 142 Å². The summed E-state index contributed by atoms with van der Waals surface area (Å²) in [5.74, 6) is 6.24. The highest BCUT2D eigenvalue weighted by Crippen LogP contribution is 2.35. The van der Waals surface area contributed by atoms with Gasteiger partial charge >= 0.3 is 0 Å². The molecule has 0 fully saturated rings. The molecule has 5 heteroatoms. The van der Waals surface area contributed by atoms with E-state index in [9.17, 15) is 9.18 Å². The van der Waals surface area contributed by atoms with E-state index in [1.54, 1.807) is 28.8 Å². The minimum atomic E-state index is -0.309. The average molecular weight is 340 g/mol. The van der Waals surface area contributed by atoms with E-state index >= 15 is 0 Å². The number of rotatable bonds is 0. The normalized spacial score (nSPS) is 12.4. The van der Waals surface area contributed by atoms with Gasteiger partial charge in [0.25, 0.3) is 5.56 Å². The predicted molar refractivity (Wildman–Crippen MR) is 91.1 cm³/mol. The van der Waals surface area contributed by atoms with Gasteiger partial charge < -0.3 is 9.30 Å². The predicted octanol–water partition coefficient (Wildman–Crippen LogP) is 3.59. The first-order valence-corrected chi connectivity index (χ1v) is 7.78. The van der Waals surface area contributed by atoms with Crippen LogP contribution in [0.4, 0.5) is 4.39 Å². The molecule has 3 aromatic rings. The molecule has 118 valence electrons. The third-order valence-electron chi connectivity index (χ3n) is 3.92. The van der Waals surface area contributed by atoms with Crippen LogP contribution in [0.1, 0.15) is 11.1 Å². The van der Waals surface area contributed by atoms with Crippen molar-refractivity contribution in [1.29, 1.82) is 0 Å². The van der Waals surface area contributed by atoms with Gasteiger partial charge in [0, 0.05) is 17.0 Å². The molecule has 0 atom stereocenters. The number of hydrogen-bond acceptors (Lipinski definition) is 2. The zero-order valence-electron chi connectivity index (χ0n) is 12.5. The van der Waals surface area contributed by atoms with Gasteiger partial charge in [-0.05, 0) is 36.4 Å². The summed E-state index contributed by atoms with van der Waals surface area (Å²) in [6.45, 7) is 0.882. The van der Waals surface area contributed by atoms with Crippen molar-refractivity contribution in [3.8, 4) is 17.6 Å². The number of hydrogen-bond donors (Lipinski definition) is 0. The van der Waals surface area contributed by atoms with E-state index in [0.29, 0.717) is 40.6 Å². The summed E-state index contributed by atoms with van der Waals surface area (Å²) in [5.41, 5.74) is 1.87. The molecular formula is C19H11ClFNO2. The number of pyridine rings is 1. The zero-order valence-corrected chi connectivity index (χ0v) is 13.2. The van der Waals surface area contributed by atoms with Crippen LogP contribution in [0.25, 0.3) is 10.9 Å². The topological polar surface area (TPSA) is 31.2 Å². The van der Waals surface area contributed by atoms with Crippen LogP contribution in [0, 0.1) is 17.7 Å². The first-order valence-electron chi connectivity index (χ1n) is 7.40. The number of halogens is 2. The minimum Gasteiger partial charge on any atom is -0.488 e. The lowest BCUT2D eigenvalue weighted by Crippen LogP contribution is -2.26. The summed E-state index contributed by atoms with van der Waals surface area (Å²) in [4.78, 5) is 12.1. The Hall–Kier alpha value is -2.77. The van der Waals surface area contributed by atoms with Gasteiger partial charge in [-0.25, -0.2) is 4.39 Å². The van der Waals surface area contributed by atoms with Gasteiger partial charge in [0.2, 0.25) is 0 Å². The molecule has 1 aromatic heterocycles. The number of benzene rings is 2. The molecule has 24 heavy (non-hydrogen) atoms. The Morgan fingerprint density at radius 3 is 2.71 bits per heavy atom. The maximum Gasteiger partial charge on any atom is 0.251 e. The second-order valence-corrected chi connectivity index (χ2v) is 5.83. The summed E-state index contributed by atoms with van der Waals surface area (Å²) < 4.78 is 20.4. The maximum absolute atomic E-state index is 13.0. The van der Waals surface area contributed by atoms with Gasteiger partial charge in [-0.2, -0.15) is 0 Å². The minimum absolute atomic E-state index is 0.0910. The smallest absolute Gasteiger partial charge is 0.251 e. The highest BCUT2D eigenvalue weighted by Gasteiger charge is 2.19. The van der Waals surface area contributed by atoms with Crippen molar-refractivity contribution in [1.82, 2.24) is 4.57 Å². The first-order chi connectivity index (χ1) is 11.6. The summed E-state index contributed by atoms with van der Waals surface area (Å²) in [6, 6.07) is 10.9. The Morgan fingerprint density at radius 1 is 1.12 bits per heavy atom. The molecule has 1 aliphatic heterocycles. The fraction of sp³-hybridized carbons (Fsp3) is 0.105. The quantitative estimate of drug-likeness (QED) is 0.586. The van der Waals surface area contributed by atoms with Crippen molar-refractivity contribution in [2.24, 2.45) is 0 Å². The van der Waals surface area contributed by atoms with Gasteiger partial charge in [-0.3, -0.25) is 4.79 Å². The molecule has 1 aliphatic rings. The third-order valence-corrected chi connectivity index (χ3v) is 4.23. The second-order valence-electron chi connectivity index (χ2n) is 5.43. The van der Waals surface area contributed by atoms with Gasteiger partial charge in [-0.15, -0.1) is 0 Å². The van der Waals surface area contributed by atoms with E-state index in [1.807, 2.05) is 0 Å². The summed E-state index contributed by atoms with van der Waals surface area (Å²) in [7, 11) is 0. The highest BCUT2D eigenvalue weighted by molar-refractivity contribution is 6.35. The van der Waals surface area contributed by atoms with E-state index in [4.69, 9.17) is 16.3 Å². The van der Waals surface area contributed by atoms with Crippen molar-refractivity contribution in [3.05, 3.63) is 74.8 Å². The Kier molecular flexibility index (Phi) is 3.51. The van der Waals surface area contributed by atoms with Crippen molar-refractivity contribution >= 4 is 22.5 Å². The fourth-order valence-corrected chi connectivity index (χ4v) is 3.05. The molecule has 0 bridgehead atoms. The monoisotopic (exact) mass is 339 g/mol. The highest BCUT2D eigenvalue weighted by atomic mass is 35.5. The molecule has 4 rings (SSSR count). The molecule has 3 nitrogen and oxygen atoms in total. The molecule has 2 aromatic carbocycles. The Bertz CT molecular complexity index is 1070. The SMILES string of the molecule is O=c1ccc2c(Cl)cc(C#Cc3ccc(F)cc3)c3c2n1CCO3. The van der Waals surface area contributed by atoms with Crippen LogP contribution in [0.3, 0.4) is 0 Å². The molecule has 0 N–H and O–H groups in total. The lowest BCUT2D eigenvalue weighted by molar-refractivity contribution is 0.283. The van der Waals surface area contributed by atoms with E-state index in [-0.39, 0.29) is 11.4 Å². The molecule has 0 spiro atoms. The first kappa shape index (κ1) is 14.8. The molecule has 0 unspecified atom stereocenters. The molecule has 0 aliphatic carbocycles. The second kappa shape index (κ2) is 5.70. The van der Waals surface area contributed by atoms with Crippen LogP contribution in [-0.2, 0) is 6.54 Å². The number of ether oxygens (including phenoxy) is 1. The van der Waals surface area contributed by atoms with Crippen molar-refractivity contribution in [3.63, 3.8) is 0 Å². The van der Waals surface area contributed by atoms with Gasteiger partial charge in [0.15, 0.2) is 5.75 Å². The average Bonchev–Trinajstić information content (AvgIpc) is 2.59. The van der Waals surface area contributed by atoms with Crippen LogP contribution in [0.15, 0.2) is 47.3 Å². The summed E-state index contributed by atoms with van der Waals surface area (Å²) in [5, 5.41) is 1.27. The molecule has 0 radical (unpaired) electrons. The maximum atomic E-state index is 13.0. The van der Waals surface area contributed by atoms with Gasteiger partial charge in [0.1, 0.15) is 12.4 Å². The zero-order chi connectivity index (χ0) is 16.7. The Balaban J connectivity index is 1.93. The fourth-order valence-electron chi connectivity index (χ4n) is 2.79. The lowest BCUT2D eigenvalue weighted by atomic mass is 10.1. The Morgan fingerprint density at radius 2 is 1.92 bits per heavy atom. The van der Waals surface area contributed by atoms with Crippen molar-refractivity contribution < 1.29 is 9.13 Å². The van der Waals surface area contributed by atoms with Crippen LogP contribution in [-0.4, -0.2) is 11.2 Å². The van der Waals surface area contributed by atoms with Crippen molar-refractivity contribution in [2.75, 3.05) is 6.61 Å². The summed E-state index contributed by atoms with van der Waals surface area (Å²) in [6.07, 6.45) is 0. The lowest BCUT2D eigenvalue weighted by Gasteiger charge is -2.21. The van der Waals surface area contributed by atoms with Gasteiger partial charge in [-0.1, -0.05) is 23.4 Å². The van der Waals surface area contributed by atoms with Crippen LogP contribution in [0.2, 0.25) is 5.02 Å². The molecule has 0 saturated heterocycles. The van der Waals surface area contributed by atoms with Crippen LogP contribution >= 0.6 is 11.6 Å². The standard InChI is InChI=1S/C19H11ClFNO2/c20-16-11-13(4-1-12-2-5-14(21)6-3-12)19-18-15(16)7-8-17(23)22(18)9-10-24-19/h2-3,5-8,11H,9-10H2.